The molecule has 2 rings (SSSR count). The number of anilines is 2. The van der Waals surface area contributed by atoms with Gasteiger partial charge in [-0.15, -0.1) is 0 Å². The number of carbonyl (C=O) groups excluding carboxylic acids is 1. The lowest BCUT2D eigenvalue weighted by atomic mass is 10.1. The number of nitrogens with one attached hydrogen (secondary N) is 2. The molecule has 0 spiro atoms. The van der Waals surface area contributed by atoms with E-state index in [2.05, 4.69) is 33.5 Å². The van der Waals surface area contributed by atoms with E-state index in [9.17, 15) is 4.79 Å². The Morgan fingerprint density at radius 3 is 2.48 bits per heavy atom. The van der Waals surface area contributed by atoms with Gasteiger partial charge in [-0.25, -0.2) is 0 Å². The number of halogens is 1. The van der Waals surface area contributed by atoms with Crippen molar-refractivity contribution in [1.82, 2.24) is 5.32 Å². The summed E-state index contributed by atoms with van der Waals surface area (Å²) in [6.07, 6.45) is 0. The van der Waals surface area contributed by atoms with Gasteiger partial charge in [-0.1, -0.05) is 28.1 Å². The molecule has 110 valence electrons. The highest BCUT2D eigenvalue weighted by atomic mass is 79.9. The summed E-state index contributed by atoms with van der Waals surface area (Å²) in [4.78, 5) is 11.7. The summed E-state index contributed by atoms with van der Waals surface area (Å²) in [5.41, 5.74) is 9.08. The van der Waals surface area contributed by atoms with Gasteiger partial charge in [0.2, 0.25) is 0 Å². The summed E-state index contributed by atoms with van der Waals surface area (Å²) in [6.45, 7) is 2.05. The van der Waals surface area contributed by atoms with Crippen molar-refractivity contribution in [3.05, 3.63) is 58.1 Å². The monoisotopic (exact) mass is 347 g/mol. The van der Waals surface area contributed by atoms with E-state index < -0.39 is 0 Å². The minimum atomic E-state index is -0.130. The van der Waals surface area contributed by atoms with Gasteiger partial charge in [0, 0.05) is 23.1 Å². The maximum Gasteiger partial charge on any atom is 0.251 e. The molecular formula is C16H18BrN3O. The molecule has 0 saturated carbocycles. The Labute approximate surface area is 132 Å². The van der Waals surface area contributed by atoms with E-state index in [1.54, 1.807) is 25.2 Å². The Bertz CT molecular complexity index is 640. The van der Waals surface area contributed by atoms with Crippen LogP contribution < -0.4 is 16.4 Å². The van der Waals surface area contributed by atoms with Gasteiger partial charge in [0.25, 0.3) is 5.91 Å². The SMILES string of the molecule is CNC(=O)c1ccc(N)c(NC(C)c2ccc(Br)cc2)c1. The highest BCUT2D eigenvalue weighted by Gasteiger charge is 2.10. The van der Waals surface area contributed by atoms with Gasteiger partial charge in [0.15, 0.2) is 0 Å². The fourth-order valence-electron chi connectivity index (χ4n) is 2.03. The predicted molar refractivity (Wildman–Crippen MR) is 90.4 cm³/mol. The molecule has 1 atom stereocenters. The summed E-state index contributed by atoms with van der Waals surface area (Å²) in [7, 11) is 1.61. The average molecular weight is 348 g/mol. The number of nitrogen functional groups attached to an aromatic ring is 1. The zero-order valence-corrected chi connectivity index (χ0v) is 13.6. The molecular weight excluding hydrogens is 330 g/mol. The first-order chi connectivity index (χ1) is 10.0. The Morgan fingerprint density at radius 1 is 1.19 bits per heavy atom. The number of hydrogen-bond donors (Lipinski definition) is 3. The lowest BCUT2D eigenvalue weighted by molar-refractivity contribution is 0.0963. The third kappa shape index (κ3) is 3.76. The van der Waals surface area contributed by atoms with Crippen LogP contribution in [0.25, 0.3) is 0 Å². The van der Waals surface area contributed by atoms with E-state index >= 15 is 0 Å². The molecule has 2 aromatic rings. The molecule has 0 heterocycles. The van der Waals surface area contributed by atoms with Crippen molar-refractivity contribution in [3.63, 3.8) is 0 Å². The van der Waals surface area contributed by atoms with Gasteiger partial charge in [-0.2, -0.15) is 0 Å². The van der Waals surface area contributed by atoms with Crippen LogP contribution in [0, 0.1) is 0 Å². The molecule has 4 nitrogen and oxygen atoms in total. The van der Waals surface area contributed by atoms with Crippen LogP contribution in [0.4, 0.5) is 11.4 Å². The van der Waals surface area contributed by atoms with E-state index in [0.29, 0.717) is 11.3 Å². The molecule has 0 aliphatic carbocycles. The zero-order valence-electron chi connectivity index (χ0n) is 12.0. The Morgan fingerprint density at radius 2 is 1.86 bits per heavy atom. The number of benzene rings is 2. The summed E-state index contributed by atoms with van der Waals surface area (Å²) >= 11 is 3.42. The second-order valence-corrected chi connectivity index (χ2v) is 5.71. The van der Waals surface area contributed by atoms with E-state index in [1.807, 2.05) is 24.3 Å². The molecule has 0 fully saturated rings. The van der Waals surface area contributed by atoms with Gasteiger partial charge >= 0.3 is 0 Å². The van der Waals surface area contributed by atoms with Crippen LogP contribution in [0.2, 0.25) is 0 Å². The summed E-state index contributed by atoms with van der Waals surface area (Å²) in [5.74, 6) is -0.130. The molecule has 0 saturated heterocycles. The number of rotatable bonds is 4. The summed E-state index contributed by atoms with van der Waals surface area (Å²) in [6, 6.07) is 13.4. The first-order valence-electron chi connectivity index (χ1n) is 6.65. The molecule has 0 radical (unpaired) electrons. The average Bonchev–Trinajstić information content (AvgIpc) is 2.49. The quantitative estimate of drug-likeness (QED) is 0.740. The fourth-order valence-corrected chi connectivity index (χ4v) is 2.30. The molecule has 1 unspecified atom stereocenters. The van der Waals surface area contributed by atoms with Crippen LogP contribution >= 0.6 is 15.9 Å². The maximum atomic E-state index is 11.7. The molecule has 5 heteroatoms. The number of amides is 1. The van der Waals surface area contributed by atoms with Gasteiger partial charge < -0.3 is 16.4 Å². The smallest absolute Gasteiger partial charge is 0.251 e. The van der Waals surface area contributed by atoms with Crippen LogP contribution in [0.1, 0.15) is 28.9 Å². The Kier molecular flexibility index (Phi) is 4.85. The molecule has 0 aliphatic rings. The zero-order chi connectivity index (χ0) is 15.4. The lowest BCUT2D eigenvalue weighted by Gasteiger charge is -2.18. The van der Waals surface area contributed by atoms with Crippen LogP contribution in [0.15, 0.2) is 46.9 Å². The molecule has 2 aromatic carbocycles. The summed E-state index contributed by atoms with van der Waals surface area (Å²) in [5, 5.41) is 5.95. The highest BCUT2D eigenvalue weighted by Crippen LogP contribution is 2.26. The second kappa shape index (κ2) is 6.63. The standard InChI is InChI=1S/C16H18BrN3O/c1-10(11-3-6-13(17)7-4-11)20-15-9-12(16(21)19-2)5-8-14(15)18/h3-10,20H,18H2,1-2H3,(H,19,21). The second-order valence-electron chi connectivity index (χ2n) is 4.80. The van der Waals surface area contributed by atoms with E-state index in [1.165, 1.54) is 0 Å². The largest absolute Gasteiger partial charge is 0.397 e. The lowest BCUT2D eigenvalue weighted by Crippen LogP contribution is -2.18. The van der Waals surface area contributed by atoms with Gasteiger partial charge in [-0.05, 0) is 42.8 Å². The van der Waals surface area contributed by atoms with Gasteiger partial charge in [0.1, 0.15) is 0 Å². The normalized spacial score (nSPS) is 11.8. The highest BCUT2D eigenvalue weighted by molar-refractivity contribution is 9.10. The van der Waals surface area contributed by atoms with Crippen LogP contribution in [0.5, 0.6) is 0 Å². The van der Waals surface area contributed by atoms with Crippen molar-refractivity contribution in [2.45, 2.75) is 13.0 Å². The molecule has 0 aliphatic heterocycles. The minimum Gasteiger partial charge on any atom is -0.397 e. The first-order valence-corrected chi connectivity index (χ1v) is 7.44. The molecule has 4 N–H and O–H groups in total. The van der Waals surface area contributed by atoms with E-state index in [0.717, 1.165) is 15.7 Å². The molecule has 21 heavy (non-hydrogen) atoms. The van der Waals surface area contributed by atoms with Crippen molar-refractivity contribution < 1.29 is 4.79 Å². The van der Waals surface area contributed by atoms with Gasteiger partial charge in [-0.3, -0.25) is 4.79 Å². The van der Waals surface area contributed by atoms with Crippen LogP contribution in [-0.2, 0) is 0 Å². The van der Waals surface area contributed by atoms with E-state index in [-0.39, 0.29) is 11.9 Å². The molecule has 0 aromatic heterocycles. The van der Waals surface area contributed by atoms with Crippen LogP contribution in [-0.4, -0.2) is 13.0 Å². The van der Waals surface area contributed by atoms with Crippen molar-refractivity contribution in [1.29, 1.82) is 0 Å². The fraction of sp³-hybridized carbons (Fsp3) is 0.188. The summed E-state index contributed by atoms with van der Waals surface area (Å²) < 4.78 is 1.04. The van der Waals surface area contributed by atoms with Crippen molar-refractivity contribution >= 4 is 33.2 Å². The van der Waals surface area contributed by atoms with E-state index in [4.69, 9.17) is 5.73 Å². The van der Waals surface area contributed by atoms with Crippen LogP contribution in [0.3, 0.4) is 0 Å². The predicted octanol–water partition coefficient (Wildman–Crippen LogP) is 3.56. The van der Waals surface area contributed by atoms with Crippen molar-refractivity contribution in [3.8, 4) is 0 Å². The third-order valence-electron chi connectivity index (χ3n) is 3.28. The Balaban J connectivity index is 2.22. The Hall–Kier alpha value is -2.01. The number of hydrogen-bond acceptors (Lipinski definition) is 3. The number of carbonyl (C=O) groups is 1. The van der Waals surface area contributed by atoms with Gasteiger partial charge in [0.05, 0.1) is 11.4 Å². The minimum absolute atomic E-state index is 0.0836. The number of nitrogens with two attached hydrogens (primary N) is 1. The third-order valence-corrected chi connectivity index (χ3v) is 3.81. The maximum absolute atomic E-state index is 11.7. The molecule has 1 amide bonds. The first kappa shape index (κ1) is 15.4. The van der Waals surface area contributed by atoms with Crippen molar-refractivity contribution in [2.24, 2.45) is 0 Å². The molecule has 0 bridgehead atoms. The van der Waals surface area contributed by atoms with Crippen molar-refractivity contribution in [2.75, 3.05) is 18.1 Å². The topological polar surface area (TPSA) is 67.2 Å².